The van der Waals surface area contributed by atoms with E-state index in [-0.39, 0.29) is 35.5 Å². The first-order valence-electron chi connectivity index (χ1n) is 48.1. The van der Waals surface area contributed by atoms with Crippen molar-refractivity contribution < 1.29 is 19.2 Å². The van der Waals surface area contributed by atoms with E-state index in [1.54, 1.807) is 45.3 Å². The van der Waals surface area contributed by atoms with Crippen molar-refractivity contribution in [3.63, 3.8) is 0 Å². The Bertz CT molecular complexity index is 4940. The zero-order chi connectivity index (χ0) is 86.7. The molecule has 0 saturated carbocycles. The zero-order valence-corrected chi connectivity index (χ0v) is 81.7. The van der Waals surface area contributed by atoms with Gasteiger partial charge in [0.15, 0.2) is 0 Å². The summed E-state index contributed by atoms with van der Waals surface area (Å²) in [5.41, 5.74) is 5.30. The van der Waals surface area contributed by atoms with E-state index in [4.69, 9.17) is 6.42 Å². The Morgan fingerprint density at radius 3 is 0.805 bits per heavy atom. The fourth-order valence-corrected chi connectivity index (χ4v) is 26.0. The standard InChI is InChI=1S/C108H140N4O4S7/c1-11-19-27-35-40-48-56-81(57-49-41-36-28-20-12-2)75-109-80(10)98-99(106(109)114)102(110(105(98)113)76-82(53-45-32-24-16-6)58-50-42-37-29-21-13-3)95-72-69-92(121-95)90-67-68-91(120-90)94-71-74-97(123-94)104-101-100(107(115)112(104)78-84(55-47-34-26-18-8)60-52-44-39-31-23-15-5)103(111(108(101)116)77-83(54-46-33-25-17-7)59-51-43-38-30-22-14-4)96-73-70-93(122-96)89-66-65-88(119-89)87-64-63-86(118-87)85-62-61-79(9)117-85/h1,61-74,81-84H,12-18,20-26,28-34,36-39,41-47,49-55,57-60,75-78H2,2-10H3. The lowest BCUT2D eigenvalue weighted by Gasteiger charge is -2.29. The third-order valence-corrected chi connectivity index (χ3v) is 34.0. The molecule has 0 aromatic carbocycles. The minimum Gasteiger partial charge on any atom is -0.310 e. The number of rotatable bonds is 59. The summed E-state index contributed by atoms with van der Waals surface area (Å²) >= 11 is 12.4. The summed E-state index contributed by atoms with van der Waals surface area (Å²) in [5.74, 6) is 20.2. The summed E-state index contributed by atoms with van der Waals surface area (Å²) in [7, 11) is 0. The van der Waals surface area contributed by atoms with Gasteiger partial charge in [-0.05, 0) is 197 Å². The Kier molecular flexibility index (Phi) is 40.6. The van der Waals surface area contributed by atoms with E-state index in [2.05, 4.69) is 192 Å². The summed E-state index contributed by atoms with van der Waals surface area (Å²) in [4.78, 5) is 88.7. The third kappa shape index (κ3) is 26.8. The van der Waals surface area contributed by atoms with Crippen LogP contribution in [0.2, 0.25) is 0 Å². The van der Waals surface area contributed by atoms with Gasteiger partial charge in [-0.3, -0.25) is 19.2 Å². The summed E-state index contributed by atoms with van der Waals surface area (Å²) in [6.45, 7) is 22.2. The molecule has 0 fully saturated rings. The molecule has 4 atom stereocenters. The van der Waals surface area contributed by atoms with E-state index < -0.39 is 0 Å². The first-order valence-corrected chi connectivity index (χ1v) is 53.8. The SMILES string of the molecule is C#CC#CC#CC#CC(CCCCCCCC)CN1C(=O)C2=C(c3ccc(-c4ccc(-c5ccc(C6=C7C(=O)N(CC(CCCCCC)CCCCCCCC)C(c8ccc(-c9ccc(-c%10ccc(-c%11ccc(C)s%11)s%10)s9)s8)=C7C(=O)N6CC(CCCCCC)CCCCCCCC)s5)s4)s3)N(CC(CCCCCC)CCCCCCCC)C(=O)C2=C1C. The van der Waals surface area contributed by atoms with Crippen molar-refractivity contribution in [2.24, 2.45) is 23.7 Å². The normalized spacial score (nSPS) is 15.0. The second-order valence-corrected chi connectivity index (χ2v) is 43.0. The van der Waals surface area contributed by atoms with Crippen molar-refractivity contribution in [1.29, 1.82) is 0 Å². The molecular weight excluding hydrogens is 1640 g/mol. The molecule has 11 rings (SSSR count). The summed E-state index contributed by atoms with van der Waals surface area (Å²) in [6.07, 6.45) is 55.4. The van der Waals surface area contributed by atoms with Gasteiger partial charge in [-0.15, -0.1) is 85.8 Å². The van der Waals surface area contributed by atoms with E-state index in [0.717, 1.165) is 159 Å². The molecule has 123 heavy (non-hydrogen) atoms. The minimum absolute atomic E-state index is 0.0250. The quantitative estimate of drug-likeness (QED) is 0.0281. The monoisotopic (exact) mass is 1780 g/mol. The maximum Gasteiger partial charge on any atom is 0.261 e. The van der Waals surface area contributed by atoms with Crippen LogP contribution < -0.4 is 0 Å². The molecule has 0 N–H and O–H groups in total. The molecular formula is C108H140N4O4S7. The maximum absolute atomic E-state index is 16.6. The van der Waals surface area contributed by atoms with Crippen molar-refractivity contribution in [2.75, 3.05) is 26.2 Å². The van der Waals surface area contributed by atoms with Crippen LogP contribution in [0.3, 0.4) is 0 Å². The lowest BCUT2D eigenvalue weighted by molar-refractivity contribution is -0.124. The Labute approximate surface area is 769 Å². The number of unbranched alkanes of at least 4 members (excludes halogenated alkanes) is 29. The van der Waals surface area contributed by atoms with Gasteiger partial charge in [0.1, 0.15) is 0 Å². The second kappa shape index (κ2) is 51.7. The van der Waals surface area contributed by atoms with E-state index in [9.17, 15) is 0 Å². The van der Waals surface area contributed by atoms with Gasteiger partial charge in [0.05, 0.1) is 54.0 Å². The van der Waals surface area contributed by atoms with Gasteiger partial charge >= 0.3 is 0 Å². The Hall–Kier alpha value is -7.02. The summed E-state index contributed by atoms with van der Waals surface area (Å²) in [6, 6.07) is 31.3. The van der Waals surface area contributed by atoms with Gasteiger partial charge < -0.3 is 19.6 Å². The number of amides is 4. The van der Waals surface area contributed by atoms with Crippen LogP contribution in [0, 0.1) is 78.5 Å². The highest BCUT2D eigenvalue weighted by molar-refractivity contribution is 7.29. The van der Waals surface area contributed by atoms with Crippen LogP contribution in [-0.2, 0) is 19.2 Å². The van der Waals surface area contributed by atoms with E-state index in [0.29, 0.717) is 66.0 Å². The number of hydrogen-bond acceptors (Lipinski definition) is 11. The molecule has 4 unspecified atom stereocenters. The highest BCUT2D eigenvalue weighted by Crippen LogP contribution is 2.54. The van der Waals surface area contributed by atoms with Crippen LogP contribution in [0.1, 0.15) is 351 Å². The number of allylic oxidation sites excluding steroid dienone is 1. The molecule has 0 spiro atoms. The number of carbonyl (C=O) groups excluding carboxylic acids is 4. The maximum atomic E-state index is 16.6. The smallest absolute Gasteiger partial charge is 0.261 e. The van der Waals surface area contributed by atoms with Crippen LogP contribution >= 0.6 is 79.4 Å². The number of aryl methyl sites for hydroxylation is 1. The molecule has 0 aliphatic carbocycles. The lowest BCUT2D eigenvalue weighted by atomic mass is 9.93. The summed E-state index contributed by atoms with van der Waals surface area (Å²) < 4.78 is 0. The van der Waals surface area contributed by atoms with Gasteiger partial charge in [-0.2, -0.15) is 0 Å². The van der Waals surface area contributed by atoms with Gasteiger partial charge in [0.2, 0.25) is 0 Å². The van der Waals surface area contributed by atoms with Crippen LogP contribution in [0.4, 0.5) is 0 Å². The molecule has 4 aliphatic heterocycles. The molecule has 0 bridgehead atoms. The fraction of sp³-hybridized carbons (Fsp3) is 0.556. The zero-order valence-electron chi connectivity index (χ0n) is 76.0. The molecule has 0 radical (unpaired) electrons. The van der Waals surface area contributed by atoms with Crippen LogP contribution in [0.25, 0.3) is 65.9 Å². The Balaban J connectivity index is 0.973. The van der Waals surface area contributed by atoms with Crippen LogP contribution in [0.5, 0.6) is 0 Å². The molecule has 0 saturated heterocycles. The van der Waals surface area contributed by atoms with E-state index in [1.165, 1.54) is 203 Å². The predicted octanol–water partition coefficient (Wildman–Crippen LogP) is 32.3. The van der Waals surface area contributed by atoms with Gasteiger partial charge in [-0.25, -0.2) is 0 Å². The summed E-state index contributed by atoms with van der Waals surface area (Å²) in [5, 5.41) is 0. The molecule has 7 aromatic rings. The lowest BCUT2D eigenvalue weighted by Crippen LogP contribution is -2.34. The van der Waals surface area contributed by atoms with Crippen molar-refractivity contribution in [3.05, 3.63) is 132 Å². The number of hydrogen-bond donors (Lipinski definition) is 0. The Morgan fingerprint density at radius 1 is 0.260 bits per heavy atom. The van der Waals surface area contributed by atoms with Gasteiger partial charge in [-0.1, -0.05) is 286 Å². The van der Waals surface area contributed by atoms with Crippen molar-refractivity contribution in [3.8, 4) is 96.6 Å². The average Bonchev–Trinajstić information content (AvgIpc) is 1.54. The highest BCUT2D eigenvalue weighted by atomic mass is 32.1. The molecule has 658 valence electrons. The topological polar surface area (TPSA) is 81.2 Å². The fourth-order valence-electron chi connectivity index (χ4n) is 18.5. The first-order chi connectivity index (χ1) is 60.3. The predicted molar refractivity (Wildman–Crippen MR) is 535 cm³/mol. The number of thiophene rings is 7. The minimum atomic E-state index is -0.158. The van der Waals surface area contributed by atoms with Gasteiger partial charge in [0, 0.05) is 91.4 Å². The molecule has 8 nitrogen and oxygen atoms in total. The van der Waals surface area contributed by atoms with E-state index >= 15 is 19.2 Å². The number of nitrogens with zero attached hydrogens (tertiary/aromatic N) is 4. The van der Waals surface area contributed by atoms with Gasteiger partial charge in [0.25, 0.3) is 23.6 Å². The second-order valence-electron chi connectivity index (χ2n) is 35.2. The van der Waals surface area contributed by atoms with E-state index in [1.807, 2.05) is 50.7 Å². The molecule has 15 heteroatoms. The van der Waals surface area contributed by atoms with Crippen molar-refractivity contribution >= 4 is 120 Å². The van der Waals surface area contributed by atoms with Crippen LogP contribution in [0.15, 0.2) is 113 Å². The molecule has 4 aliphatic rings. The average molecular weight is 1780 g/mol. The largest absolute Gasteiger partial charge is 0.310 e. The molecule has 7 aromatic heterocycles. The molecule has 4 amide bonds. The number of terminal acetylenes is 1. The number of carbonyl (C=O) groups is 4. The molecule has 11 heterocycles. The van der Waals surface area contributed by atoms with Crippen LogP contribution in [-0.4, -0.2) is 69.4 Å². The first kappa shape index (κ1) is 96.6. The number of fused-ring (bicyclic) bond motifs is 2. The highest BCUT2D eigenvalue weighted by Gasteiger charge is 2.51. The third-order valence-electron chi connectivity index (χ3n) is 25.4. The van der Waals surface area contributed by atoms with Crippen molar-refractivity contribution in [2.45, 2.75) is 338 Å². The van der Waals surface area contributed by atoms with Crippen molar-refractivity contribution in [1.82, 2.24) is 19.6 Å². The Morgan fingerprint density at radius 2 is 0.496 bits per heavy atom.